The third-order valence-electron chi connectivity index (χ3n) is 1.45. The molecular formula is C6H7ClN4O3. The molecule has 8 heteroatoms. The van der Waals surface area contributed by atoms with Crippen molar-refractivity contribution >= 4 is 23.3 Å². The molecule has 1 aromatic rings. The Balaban J connectivity index is 2.77. The van der Waals surface area contributed by atoms with Gasteiger partial charge in [-0.3, -0.25) is 4.79 Å². The second kappa shape index (κ2) is 4.14. The van der Waals surface area contributed by atoms with Crippen molar-refractivity contribution in [2.45, 2.75) is 19.9 Å². The summed E-state index contributed by atoms with van der Waals surface area (Å²) in [4.78, 5) is 23.5. The molecule has 0 saturated carbocycles. The van der Waals surface area contributed by atoms with E-state index in [0.29, 0.717) is 0 Å². The minimum Gasteiger partial charge on any atom is -0.390 e. The molecule has 1 aromatic heterocycles. The molecule has 14 heavy (non-hydrogen) atoms. The summed E-state index contributed by atoms with van der Waals surface area (Å²) >= 11 is 5.55. The predicted molar refractivity (Wildman–Crippen MR) is 47.0 cm³/mol. The van der Waals surface area contributed by atoms with Gasteiger partial charge >= 0.3 is 11.2 Å². The van der Waals surface area contributed by atoms with E-state index in [-0.39, 0.29) is 24.0 Å². The average Bonchev–Trinajstić information content (AvgIpc) is 2.43. The van der Waals surface area contributed by atoms with Gasteiger partial charge in [-0.25, -0.2) is 0 Å². The average molecular weight is 219 g/mol. The van der Waals surface area contributed by atoms with Crippen LogP contribution in [-0.2, 0) is 11.3 Å². The Hall–Kier alpha value is -1.50. The summed E-state index contributed by atoms with van der Waals surface area (Å²) in [6.45, 7) is 1.62. The fraction of sp³-hybridized carbons (Fsp3) is 0.500. The Kier molecular flexibility index (Phi) is 3.13. The van der Waals surface area contributed by atoms with Crippen LogP contribution in [0.3, 0.4) is 0 Å². The van der Waals surface area contributed by atoms with Crippen molar-refractivity contribution in [1.29, 1.82) is 0 Å². The highest BCUT2D eigenvalue weighted by atomic mass is 35.5. The smallest absolute Gasteiger partial charge is 0.390 e. The topological polar surface area (TPSA) is 90.9 Å². The molecule has 0 bridgehead atoms. The second-order valence-electron chi connectivity index (χ2n) is 2.61. The summed E-state index contributed by atoms with van der Waals surface area (Å²) < 4.78 is 1.13. The quantitative estimate of drug-likeness (QED) is 0.551. The predicted octanol–water partition coefficient (Wildman–Crippen LogP) is 0.819. The molecule has 0 aromatic carbocycles. The molecule has 0 amide bonds. The second-order valence-corrected chi connectivity index (χ2v) is 2.95. The Bertz CT molecular complexity index is 375. The fourth-order valence-corrected chi connectivity index (χ4v) is 0.993. The molecule has 0 spiro atoms. The first-order chi connectivity index (χ1) is 6.50. The van der Waals surface area contributed by atoms with Crippen LogP contribution in [0.25, 0.3) is 0 Å². The van der Waals surface area contributed by atoms with Gasteiger partial charge in [0.1, 0.15) is 5.78 Å². The summed E-state index contributed by atoms with van der Waals surface area (Å²) in [6.07, 6.45) is 0.222. The van der Waals surface area contributed by atoms with Crippen molar-refractivity contribution in [2.24, 2.45) is 0 Å². The van der Waals surface area contributed by atoms with E-state index in [1.165, 1.54) is 6.92 Å². The van der Waals surface area contributed by atoms with Crippen LogP contribution in [0.2, 0.25) is 5.28 Å². The molecular weight excluding hydrogens is 212 g/mol. The first-order valence-corrected chi connectivity index (χ1v) is 4.12. The molecule has 0 aliphatic heterocycles. The molecule has 76 valence electrons. The maximum Gasteiger partial charge on any atom is 0.492 e. The van der Waals surface area contributed by atoms with Gasteiger partial charge in [-0.15, -0.1) is 0 Å². The lowest BCUT2D eigenvalue weighted by Gasteiger charge is -1.92. The Morgan fingerprint density at radius 1 is 1.71 bits per heavy atom. The Labute approximate surface area is 83.8 Å². The highest BCUT2D eigenvalue weighted by Gasteiger charge is 2.19. The summed E-state index contributed by atoms with van der Waals surface area (Å²) in [5.74, 6) is -0.599. The zero-order valence-corrected chi connectivity index (χ0v) is 8.06. The van der Waals surface area contributed by atoms with Crippen LogP contribution in [0.1, 0.15) is 13.3 Å². The lowest BCUT2D eigenvalue weighted by Crippen LogP contribution is -2.04. The minimum absolute atomic E-state index is 0.0424. The molecule has 7 nitrogen and oxygen atoms in total. The molecule has 0 radical (unpaired) electrons. The zero-order chi connectivity index (χ0) is 10.7. The first-order valence-electron chi connectivity index (χ1n) is 3.75. The molecule has 1 rings (SSSR count). The largest absolute Gasteiger partial charge is 0.492 e. The van der Waals surface area contributed by atoms with E-state index in [1.807, 2.05) is 0 Å². The van der Waals surface area contributed by atoms with Gasteiger partial charge in [-0.1, -0.05) is 0 Å². The fourth-order valence-electron chi connectivity index (χ4n) is 0.795. The number of ketones is 1. The van der Waals surface area contributed by atoms with Crippen LogP contribution in [0.15, 0.2) is 0 Å². The number of carbonyl (C=O) groups is 1. The third kappa shape index (κ3) is 2.49. The number of halogens is 1. The minimum atomic E-state index is -0.740. The van der Waals surface area contributed by atoms with Gasteiger partial charge in [-0.2, -0.15) is 4.68 Å². The van der Waals surface area contributed by atoms with Crippen molar-refractivity contribution in [3.05, 3.63) is 15.4 Å². The Morgan fingerprint density at radius 3 is 2.79 bits per heavy atom. The van der Waals surface area contributed by atoms with Crippen LogP contribution in [0.4, 0.5) is 5.95 Å². The SMILES string of the molecule is CC(=O)CCn1nc([N+](=O)[O-])nc1Cl. The molecule has 0 aliphatic rings. The van der Waals surface area contributed by atoms with Crippen LogP contribution in [0.5, 0.6) is 0 Å². The van der Waals surface area contributed by atoms with Gasteiger partial charge in [0.2, 0.25) is 0 Å². The van der Waals surface area contributed by atoms with Crippen molar-refractivity contribution < 1.29 is 9.72 Å². The van der Waals surface area contributed by atoms with Gasteiger partial charge in [0.05, 0.1) is 6.54 Å². The van der Waals surface area contributed by atoms with E-state index >= 15 is 0 Å². The standard InChI is InChI=1S/C6H7ClN4O3/c1-4(12)2-3-10-5(7)8-6(9-10)11(13)14/h2-3H2,1H3. The van der Waals surface area contributed by atoms with E-state index in [9.17, 15) is 14.9 Å². The van der Waals surface area contributed by atoms with Crippen LogP contribution in [0, 0.1) is 10.1 Å². The normalized spacial score (nSPS) is 10.1. The van der Waals surface area contributed by atoms with Crippen molar-refractivity contribution in [3.8, 4) is 0 Å². The van der Waals surface area contributed by atoms with Crippen molar-refractivity contribution in [3.63, 3.8) is 0 Å². The van der Waals surface area contributed by atoms with Gasteiger partial charge in [-0.05, 0) is 28.4 Å². The van der Waals surface area contributed by atoms with E-state index < -0.39 is 10.9 Å². The molecule has 0 unspecified atom stereocenters. The summed E-state index contributed by atoms with van der Waals surface area (Å²) in [5.41, 5.74) is 0. The highest BCUT2D eigenvalue weighted by molar-refractivity contribution is 6.28. The van der Waals surface area contributed by atoms with E-state index in [2.05, 4.69) is 10.1 Å². The monoisotopic (exact) mass is 218 g/mol. The lowest BCUT2D eigenvalue weighted by molar-refractivity contribution is -0.394. The summed E-state index contributed by atoms with van der Waals surface area (Å²) in [7, 11) is 0. The van der Waals surface area contributed by atoms with Crippen molar-refractivity contribution in [2.75, 3.05) is 0 Å². The van der Waals surface area contributed by atoms with Crippen LogP contribution < -0.4 is 0 Å². The van der Waals surface area contributed by atoms with Gasteiger partial charge in [0, 0.05) is 11.5 Å². The number of nitro groups is 1. The Morgan fingerprint density at radius 2 is 2.36 bits per heavy atom. The first kappa shape index (κ1) is 10.6. The van der Waals surface area contributed by atoms with E-state index in [4.69, 9.17) is 11.6 Å². The number of rotatable bonds is 4. The highest BCUT2D eigenvalue weighted by Crippen LogP contribution is 2.11. The number of carbonyl (C=O) groups excluding carboxylic acids is 1. The summed E-state index contributed by atoms with van der Waals surface area (Å²) in [6, 6.07) is 0. The molecule has 0 aliphatic carbocycles. The van der Waals surface area contributed by atoms with E-state index in [1.54, 1.807) is 0 Å². The number of nitrogens with zero attached hydrogens (tertiary/aromatic N) is 4. The number of hydrogen-bond acceptors (Lipinski definition) is 5. The molecule has 0 atom stereocenters. The van der Waals surface area contributed by atoms with Gasteiger partial charge < -0.3 is 10.1 Å². The van der Waals surface area contributed by atoms with E-state index in [0.717, 1.165) is 4.68 Å². The summed E-state index contributed by atoms with van der Waals surface area (Å²) in [5, 5.41) is 13.7. The zero-order valence-electron chi connectivity index (χ0n) is 7.31. The maximum atomic E-state index is 10.6. The lowest BCUT2D eigenvalue weighted by atomic mass is 10.3. The number of aryl methyl sites for hydroxylation is 1. The van der Waals surface area contributed by atoms with Crippen LogP contribution in [-0.4, -0.2) is 25.5 Å². The molecule has 1 heterocycles. The molecule has 0 fully saturated rings. The van der Waals surface area contributed by atoms with Gasteiger partial charge in [0.15, 0.2) is 0 Å². The third-order valence-corrected chi connectivity index (χ3v) is 1.73. The molecule has 0 N–H and O–H groups in total. The number of hydrogen-bond donors (Lipinski definition) is 0. The van der Waals surface area contributed by atoms with Crippen molar-refractivity contribution in [1.82, 2.24) is 14.8 Å². The molecule has 0 saturated heterocycles. The van der Waals surface area contributed by atoms with Gasteiger partial charge in [0.25, 0.3) is 0 Å². The number of aromatic nitrogens is 3. The van der Waals surface area contributed by atoms with Crippen LogP contribution >= 0.6 is 11.6 Å². The maximum absolute atomic E-state index is 10.6. The number of Topliss-reactive ketones (excluding diaryl/α,β-unsaturated/α-hetero) is 1.